The normalized spacial score (nSPS) is 16.6. The topological polar surface area (TPSA) is 88.2 Å². The predicted octanol–water partition coefficient (Wildman–Crippen LogP) is 1.20. The summed E-state index contributed by atoms with van der Waals surface area (Å²) in [5.74, 6) is -0.195. The minimum Gasteiger partial charge on any atom is -0.450 e. The number of piperazine rings is 1. The standard InChI is InChI=1S/C15H27N3O5/c1-6-22-14(21)18-9-7-17(8-10-18)12(19)11(2)16-13(20)23-15(3,4)5/h11H,6-10H2,1-5H3,(H,16,20). The van der Waals surface area contributed by atoms with Gasteiger partial charge in [0.15, 0.2) is 0 Å². The van der Waals surface area contributed by atoms with Crippen LogP contribution >= 0.6 is 0 Å². The van der Waals surface area contributed by atoms with E-state index in [1.165, 1.54) is 0 Å². The first-order chi connectivity index (χ1) is 10.6. The Kier molecular flexibility index (Phi) is 6.65. The van der Waals surface area contributed by atoms with Gasteiger partial charge in [0, 0.05) is 26.2 Å². The molecule has 8 nitrogen and oxygen atoms in total. The minimum absolute atomic E-state index is 0.195. The van der Waals surface area contributed by atoms with E-state index in [2.05, 4.69) is 5.32 Å². The van der Waals surface area contributed by atoms with Crippen LogP contribution in [0.15, 0.2) is 0 Å². The molecule has 0 aromatic heterocycles. The molecule has 0 aromatic carbocycles. The molecule has 1 unspecified atom stereocenters. The molecule has 1 fully saturated rings. The van der Waals surface area contributed by atoms with E-state index in [1.807, 2.05) is 0 Å². The molecule has 0 bridgehead atoms. The zero-order chi connectivity index (χ0) is 17.6. The largest absolute Gasteiger partial charge is 0.450 e. The summed E-state index contributed by atoms with van der Waals surface area (Å²) < 4.78 is 10.1. The summed E-state index contributed by atoms with van der Waals surface area (Å²) >= 11 is 0. The summed E-state index contributed by atoms with van der Waals surface area (Å²) in [5.41, 5.74) is -0.613. The molecule has 1 rings (SSSR count). The summed E-state index contributed by atoms with van der Waals surface area (Å²) in [5, 5.41) is 2.53. The lowest BCUT2D eigenvalue weighted by Gasteiger charge is -2.35. The van der Waals surface area contributed by atoms with E-state index in [-0.39, 0.29) is 12.0 Å². The first kappa shape index (κ1) is 19.1. The van der Waals surface area contributed by atoms with Crippen molar-refractivity contribution in [3.05, 3.63) is 0 Å². The highest BCUT2D eigenvalue weighted by atomic mass is 16.6. The first-order valence-electron chi connectivity index (χ1n) is 7.84. The number of carbonyl (C=O) groups is 3. The van der Waals surface area contributed by atoms with Crippen molar-refractivity contribution in [2.24, 2.45) is 0 Å². The number of nitrogens with one attached hydrogen (secondary N) is 1. The Morgan fingerprint density at radius 2 is 1.61 bits per heavy atom. The van der Waals surface area contributed by atoms with Gasteiger partial charge in [-0.3, -0.25) is 4.79 Å². The van der Waals surface area contributed by atoms with Gasteiger partial charge >= 0.3 is 12.2 Å². The van der Waals surface area contributed by atoms with Crippen LogP contribution in [-0.2, 0) is 14.3 Å². The van der Waals surface area contributed by atoms with Gasteiger partial charge in [-0.2, -0.15) is 0 Å². The van der Waals surface area contributed by atoms with Crippen molar-refractivity contribution in [2.75, 3.05) is 32.8 Å². The highest BCUT2D eigenvalue weighted by Gasteiger charge is 2.29. The Balaban J connectivity index is 2.44. The number of rotatable bonds is 3. The fraction of sp³-hybridized carbons (Fsp3) is 0.800. The molecular weight excluding hydrogens is 302 g/mol. The fourth-order valence-corrected chi connectivity index (χ4v) is 2.14. The zero-order valence-corrected chi connectivity index (χ0v) is 14.5. The number of hydrogen-bond acceptors (Lipinski definition) is 5. The van der Waals surface area contributed by atoms with Gasteiger partial charge in [-0.1, -0.05) is 0 Å². The Hall–Kier alpha value is -1.99. The van der Waals surface area contributed by atoms with Crippen LogP contribution in [0.25, 0.3) is 0 Å². The quantitative estimate of drug-likeness (QED) is 0.840. The second kappa shape index (κ2) is 8.03. The first-order valence-corrected chi connectivity index (χ1v) is 7.84. The minimum atomic E-state index is -0.681. The number of hydrogen-bond donors (Lipinski definition) is 1. The Bertz CT molecular complexity index is 439. The molecule has 1 aliphatic heterocycles. The van der Waals surface area contributed by atoms with Crippen LogP contribution in [0.1, 0.15) is 34.6 Å². The van der Waals surface area contributed by atoms with Crippen LogP contribution in [-0.4, -0.2) is 72.3 Å². The number of amides is 3. The molecule has 1 N–H and O–H groups in total. The maximum Gasteiger partial charge on any atom is 0.409 e. The molecular formula is C15H27N3O5. The third kappa shape index (κ3) is 6.33. The molecule has 132 valence electrons. The highest BCUT2D eigenvalue weighted by Crippen LogP contribution is 2.08. The van der Waals surface area contributed by atoms with Gasteiger partial charge in [-0.05, 0) is 34.6 Å². The molecule has 1 aliphatic rings. The van der Waals surface area contributed by atoms with Crippen molar-refractivity contribution in [1.29, 1.82) is 0 Å². The Labute approximate surface area is 137 Å². The van der Waals surface area contributed by atoms with Crippen LogP contribution in [0.2, 0.25) is 0 Å². The molecule has 1 atom stereocenters. The van der Waals surface area contributed by atoms with Gasteiger partial charge < -0.3 is 24.6 Å². The van der Waals surface area contributed by atoms with E-state index in [0.717, 1.165) is 0 Å². The highest BCUT2D eigenvalue weighted by molar-refractivity contribution is 5.85. The van der Waals surface area contributed by atoms with Gasteiger partial charge in [0.2, 0.25) is 5.91 Å². The average Bonchev–Trinajstić information content (AvgIpc) is 2.44. The maximum atomic E-state index is 12.3. The molecule has 0 aliphatic carbocycles. The molecule has 3 amide bonds. The van der Waals surface area contributed by atoms with Crippen molar-refractivity contribution >= 4 is 18.1 Å². The van der Waals surface area contributed by atoms with Crippen LogP contribution < -0.4 is 5.32 Å². The van der Waals surface area contributed by atoms with E-state index in [1.54, 1.807) is 44.4 Å². The number of alkyl carbamates (subject to hydrolysis) is 1. The van der Waals surface area contributed by atoms with Gasteiger partial charge in [-0.25, -0.2) is 9.59 Å². The molecule has 0 saturated carbocycles. The summed E-state index contributed by atoms with van der Waals surface area (Å²) in [7, 11) is 0. The summed E-state index contributed by atoms with van der Waals surface area (Å²) in [6.07, 6.45) is -0.983. The average molecular weight is 329 g/mol. The van der Waals surface area contributed by atoms with Crippen LogP contribution in [0.3, 0.4) is 0 Å². The van der Waals surface area contributed by atoms with Crippen LogP contribution in [0, 0.1) is 0 Å². The molecule has 0 spiro atoms. The molecule has 23 heavy (non-hydrogen) atoms. The number of nitrogens with zero attached hydrogens (tertiary/aromatic N) is 2. The smallest absolute Gasteiger partial charge is 0.409 e. The SMILES string of the molecule is CCOC(=O)N1CCN(C(=O)C(C)NC(=O)OC(C)(C)C)CC1. The lowest BCUT2D eigenvalue weighted by atomic mass is 10.2. The molecule has 1 saturated heterocycles. The molecule has 1 heterocycles. The molecule has 8 heteroatoms. The van der Waals surface area contributed by atoms with Gasteiger partial charge in [0.1, 0.15) is 11.6 Å². The van der Waals surface area contributed by atoms with Crippen molar-refractivity contribution in [2.45, 2.75) is 46.3 Å². The second-order valence-corrected chi connectivity index (χ2v) is 6.38. The second-order valence-electron chi connectivity index (χ2n) is 6.38. The van der Waals surface area contributed by atoms with Crippen molar-refractivity contribution < 1.29 is 23.9 Å². The van der Waals surface area contributed by atoms with E-state index in [4.69, 9.17) is 9.47 Å². The maximum absolute atomic E-state index is 12.3. The Morgan fingerprint density at radius 3 is 2.09 bits per heavy atom. The fourth-order valence-electron chi connectivity index (χ4n) is 2.14. The number of ether oxygens (including phenoxy) is 2. The van der Waals surface area contributed by atoms with Crippen molar-refractivity contribution in [3.8, 4) is 0 Å². The number of carbonyl (C=O) groups excluding carboxylic acids is 3. The van der Waals surface area contributed by atoms with E-state index < -0.39 is 17.7 Å². The van der Waals surface area contributed by atoms with Crippen LogP contribution in [0.5, 0.6) is 0 Å². The van der Waals surface area contributed by atoms with Gasteiger partial charge in [-0.15, -0.1) is 0 Å². The van der Waals surface area contributed by atoms with Gasteiger partial charge in [0.25, 0.3) is 0 Å². The Morgan fingerprint density at radius 1 is 1.09 bits per heavy atom. The summed E-state index contributed by atoms with van der Waals surface area (Å²) in [6, 6.07) is -0.681. The zero-order valence-electron chi connectivity index (χ0n) is 14.5. The lowest BCUT2D eigenvalue weighted by molar-refractivity contribution is -0.134. The monoisotopic (exact) mass is 329 g/mol. The van der Waals surface area contributed by atoms with E-state index in [9.17, 15) is 14.4 Å². The van der Waals surface area contributed by atoms with Crippen LogP contribution in [0.4, 0.5) is 9.59 Å². The molecule has 0 radical (unpaired) electrons. The predicted molar refractivity (Wildman–Crippen MR) is 84.0 cm³/mol. The van der Waals surface area contributed by atoms with E-state index in [0.29, 0.717) is 32.8 Å². The summed E-state index contributed by atoms with van der Waals surface area (Å²) in [6.45, 7) is 10.6. The summed E-state index contributed by atoms with van der Waals surface area (Å²) in [4.78, 5) is 38.8. The van der Waals surface area contributed by atoms with E-state index >= 15 is 0 Å². The third-order valence-corrected chi connectivity index (χ3v) is 3.22. The molecule has 0 aromatic rings. The van der Waals surface area contributed by atoms with Gasteiger partial charge in [0.05, 0.1) is 6.61 Å². The van der Waals surface area contributed by atoms with Crippen molar-refractivity contribution in [3.63, 3.8) is 0 Å². The lowest BCUT2D eigenvalue weighted by Crippen LogP contribution is -2.55. The van der Waals surface area contributed by atoms with Crippen molar-refractivity contribution in [1.82, 2.24) is 15.1 Å². The third-order valence-electron chi connectivity index (χ3n) is 3.22.